The summed E-state index contributed by atoms with van der Waals surface area (Å²) in [6.07, 6.45) is 3.28. The van der Waals surface area contributed by atoms with Crippen LogP contribution in [-0.2, 0) is 9.53 Å². The Morgan fingerprint density at radius 2 is 1.83 bits per heavy atom. The summed E-state index contributed by atoms with van der Waals surface area (Å²) in [7, 11) is 1.60. The van der Waals surface area contributed by atoms with Crippen molar-refractivity contribution in [2.45, 2.75) is 37.6 Å². The van der Waals surface area contributed by atoms with Crippen LogP contribution in [0.15, 0.2) is 24.3 Å². The van der Waals surface area contributed by atoms with Crippen LogP contribution in [0.3, 0.4) is 0 Å². The summed E-state index contributed by atoms with van der Waals surface area (Å²) in [5.41, 5.74) is -0.114. The molecule has 0 unspecified atom stereocenters. The summed E-state index contributed by atoms with van der Waals surface area (Å²) in [6, 6.07) is 6.81. The maximum absolute atomic E-state index is 12.4. The highest BCUT2D eigenvalue weighted by Gasteiger charge is 2.37. The molecule has 6 nitrogen and oxygen atoms in total. The summed E-state index contributed by atoms with van der Waals surface area (Å²) >= 11 is 0. The van der Waals surface area contributed by atoms with Gasteiger partial charge >= 0.3 is 5.97 Å². The smallest absolute Gasteiger partial charge is 0.305 e. The minimum Gasteiger partial charge on any atom is -0.491 e. The minimum absolute atomic E-state index is 0.0308. The van der Waals surface area contributed by atoms with Gasteiger partial charge in [-0.2, -0.15) is 0 Å². The molecule has 0 bridgehead atoms. The minimum atomic E-state index is -0.880. The van der Waals surface area contributed by atoms with E-state index in [4.69, 9.17) is 14.6 Å². The highest BCUT2D eigenvalue weighted by Crippen LogP contribution is 2.33. The second-order valence-corrected chi connectivity index (χ2v) is 5.88. The molecule has 0 aromatic heterocycles. The van der Waals surface area contributed by atoms with Crippen LogP contribution in [0.1, 0.15) is 42.5 Å². The van der Waals surface area contributed by atoms with E-state index in [-0.39, 0.29) is 12.3 Å². The second kappa shape index (κ2) is 7.97. The van der Waals surface area contributed by atoms with Crippen LogP contribution >= 0.6 is 0 Å². The summed E-state index contributed by atoms with van der Waals surface area (Å²) in [5.74, 6) is -0.453. The van der Waals surface area contributed by atoms with Crippen molar-refractivity contribution in [2.75, 3.05) is 20.3 Å². The van der Waals surface area contributed by atoms with Gasteiger partial charge in [-0.05, 0) is 37.1 Å². The number of hydrogen-bond donors (Lipinski definition) is 2. The van der Waals surface area contributed by atoms with Crippen LogP contribution in [0.25, 0.3) is 0 Å². The van der Waals surface area contributed by atoms with Crippen molar-refractivity contribution < 1.29 is 24.2 Å². The van der Waals surface area contributed by atoms with E-state index in [2.05, 4.69) is 5.32 Å². The first-order valence-corrected chi connectivity index (χ1v) is 7.81. The largest absolute Gasteiger partial charge is 0.491 e. The molecule has 2 rings (SSSR count). The molecule has 126 valence electrons. The predicted molar refractivity (Wildman–Crippen MR) is 84.7 cm³/mol. The zero-order valence-electron chi connectivity index (χ0n) is 13.3. The molecule has 1 aliphatic carbocycles. The van der Waals surface area contributed by atoms with Gasteiger partial charge in [0.25, 0.3) is 5.91 Å². The van der Waals surface area contributed by atoms with Crippen LogP contribution in [0.5, 0.6) is 5.75 Å². The molecule has 1 fully saturated rings. The predicted octanol–water partition coefficient (Wildman–Crippen LogP) is 2.23. The summed E-state index contributed by atoms with van der Waals surface area (Å²) < 4.78 is 10.4. The molecule has 0 aliphatic heterocycles. The quantitative estimate of drug-likeness (QED) is 0.717. The fraction of sp³-hybridized carbons (Fsp3) is 0.529. The molecule has 1 aromatic rings. The Morgan fingerprint density at radius 3 is 2.39 bits per heavy atom. The average Bonchev–Trinajstić information content (AvgIpc) is 2.95. The molecule has 1 aliphatic rings. The van der Waals surface area contributed by atoms with Gasteiger partial charge in [-0.25, -0.2) is 0 Å². The third-order valence-electron chi connectivity index (χ3n) is 4.10. The second-order valence-electron chi connectivity index (χ2n) is 5.88. The number of rotatable bonds is 8. The van der Waals surface area contributed by atoms with E-state index in [9.17, 15) is 9.59 Å². The number of carboxylic acid groups (broad SMARTS) is 1. The number of aliphatic carboxylic acids is 1. The monoisotopic (exact) mass is 321 g/mol. The molecule has 0 atom stereocenters. The van der Waals surface area contributed by atoms with Crippen LogP contribution in [0.4, 0.5) is 0 Å². The molecule has 6 heteroatoms. The number of hydrogen-bond acceptors (Lipinski definition) is 4. The van der Waals surface area contributed by atoms with Crippen molar-refractivity contribution in [1.29, 1.82) is 0 Å². The number of carbonyl (C=O) groups is 2. The van der Waals surface area contributed by atoms with Crippen LogP contribution in [0, 0.1) is 0 Å². The SMILES string of the molecule is COCCOc1ccc(C(=O)NC2(CC(=O)O)CCCC2)cc1. The van der Waals surface area contributed by atoms with Gasteiger partial charge in [-0.1, -0.05) is 12.8 Å². The Labute approximate surface area is 135 Å². The van der Waals surface area contributed by atoms with Gasteiger partial charge in [-0.15, -0.1) is 0 Å². The normalized spacial score (nSPS) is 16.0. The third-order valence-corrected chi connectivity index (χ3v) is 4.10. The van der Waals surface area contributed by atoms with Crippen molar-refractivity contribution in [3.05, 3.63) is 29.8 Å². The van der Waals surface area contributed by atoms with Crippen molar-refractivity contribution in [1.82, 2.24) is 5.32 Å². The van der Waals surface area contributed by atoms with E-state index in [0.717, 1.165) is 12.8 Å². The highest BCUT2D eigenvalue weighted by atomic mass is 16.5. The first kappa shape index (κ1) is 17.3. The van der Waals surface area contributed by atoms with Crippen molar-refractivity contribution in [3.8, 4) is 5.75 Å². The Balaban J connectivity index is 1.97. The highest BCUT2D eigenvalue weighted by molar-refractivity contribution is 5.95. The number of benzene rings is 1. The Bertz CT molecular complexity index is 534. The van der Waals surface area contributed by atoms with Gasteiger partial charge < -0.3 is 19.9 Å². The lowest BCUT2D eigenvalue weighted by Gasteiger charge is -2.28. The number of carbonyl (C=O) groups excluding carboxylic acids is 1. The molecule has 0 radical (unpaired) electrons. The van der Waals surface area contributed by atoms with E-state index >= 15 is 0 Å². The topological polar surface area (TPSA) is 84.9 Å². The van der Waals surface area contributed by atoms with Gasteiger partial charge in [0.15, 0.2) is 0 Å². The molecule has 0 spiro atoms. The molecule has 0 heterocycles. The van der Waals surface area contributed by atoms with Gasteiger partial charge in [0.2, 0.25) is 0 Å². The van der Waals surface area contributed by atoms with Crippen LogP contribution in [0.2, 0.25) is 0 Å². The number of methoxy groups -OCH3 is 1. The van der Waals surface area contributed by atoms with Crippen molar-refractivity contribution >= 4 is 11.9 Å². The Hall–Kier alpha value is -2.08. The summed E-state index contributed by atoms with van der Waals surface area (Å²) in [6.45, 7) is 0.948. The summed E-state index contributed by atoms with van der Waals surface area (Å²) in [5, 5.41) is 12.0. The van der Waals surface area contributed by atoms with Gasteiger partial charge in [0.1, 0.15) is 12.4 Å². The molecule has 1 saturated carbocycles. The van der Waals surface area contributed by atoms with E-state index in [1.165, 1.54) is 0 Å². The molecular weight excluding hydrogens is 298 g/mol. The van der Waals surface area contributed by atoms with Crippen LogP contribution < -0.4 is 10.1 Å². The Morgan fingerprint density at radius 1 is 1.17 bits per heavy atom. The standard InChI is InChI=1S/C17H23NO5/c1-22-10-11-23-14-6-4-13(5-7-14)16(21)18-17(12-15(19)20)8-2-3-9-17/h4-7H,2-3,8-12H2,1H3,(H,18,21)(H,19,20). The maximum atomic E-state index is 12.4. The zero-order valence-corrected chi connectivity index (χ0v) is 13.3. The van der Waals surface area contributed by atoms with E-state index < -0.39 is 11.5 Å². The van der Waals surface area contributed by atoms with E-state index in [1.807, 2.05) is 0 Å². The van der Waals surface area contributed by atoms with Gasteiger partial charge in [0.05, 0.1) is 18.6 Å². The van der Waals surface area contributed by atoms with Crippen molar-refractivity contribution in [2.24, 2.45) is 0 Å². The van der Waals surface area contributed by atoms with E-state index in [1.54, 1.807) is 31.4 Å². The fourth-order valence-corrected chi connectivity index (χ4v) is 2.95. The lowest BCUT2D eigenvalue weighted by atomic mass is 9.92. The third kappa shape index (κ3) is 4.96. The first-order chi connectivity index (χ1) is 11.0. The molecule has 23 heavy (non-hydrogen) atoms. The number of nitrogens with one attached hydrogen (secondary N) is 1. The van der Waals surface area contributed by atoms with Gasteiger partial charge in [0, 0.05) is 12.7 Å². The maximum Gasteiger partial charge on any atom is 0.305 e. The first-order valence-electron chi connectivity index (χ1n) is 7.81. The number of carboxylic acids is 1. The molecule has 1 amide bonds. The molecule has 1 aromatic carbocycles. The fourth-order valence-electron chi connectivity index (χ4n) is 2.95. The van der Waals surface area contributed by atoms with E-state index in [0.29, 0.717) is 37.4 Å². The molecule has 2 N–H and O–H groups in total. The number of ether oxygens (including phenoxy) is 2. The van der Waals surface area contributed by atoms with Crippen molar-refractivity contribution in [3.63, 3.8) is 0 Å². The average molecular weight is 321 g/mol. The molecular formula is C17H23NO5. The van der Waals surface area contributed by atoms with Gasteiger partial charge in [-0.3, -0.25) is 9.59 Å². The number of amides is 1. The lowest BCUT2D eigenvalue weighted by Crippen LogP contribution is -2.47. The zero-order chi connectivity index (χ0) is 16.7. The van der Waals surface area contributed by atoms with Crippen LogP contribution in [-0.4, -0.2) is 42.8 Å². The Kier molecular flexibility index (Phi) is 5.98. The lowest BCUT2D eigenvalue weighted by molar-refractivity contribution is -0.138. The molecule has 0 saturated heterocycles. The summed E-state index contributed by atoms with van der Waals surface area (Å²) in [4.78, 5) is 23.5.